The topological polar surface area (TPSA) is 9.23 Å². The third kappa shape index (κ3) is 2.83. The van der Waals surface area contributed by atoms with Crippen LogP contribution in [-0.4, -0.2) is 6.61 Å². The van der Waals surface area contributed by atoms with Crippen molar-refractivity contribution < 1.29 is 4.74 Å². The number of rotatable bonds is 2. The molecule has 0 saturated heterocycles. The third-order valence-corrected chi connectivity index (χ3v) is 2.72. The molecule has 0 amide bonds. The number of terminal acetylenes is 1. The number of halogens is 2. The lowest BCUT2D eigenvalue weighted by Gasteiger charge is -2.04. The molecule has 0 spiro atoms. The lowest BCUT2D eigenvalue weighted by Crippen LogP contribution is -1.95. The predicted molar refractivity (Wildman–Crippen MR) is 66.2 cm³/mol. The Morgan fingerprint density at radius 3 is 2.75 bits per heavy atom. The maximum atomic E-state index is 5.29. The normalized spacial score (nSPS) is 9.08. The molecule has 0 N–H and O–H groups in total. The average Bonchev–Trinajstić information content (AvgIpc) is 2.03. The summed E-state index contributed by atoms with van der Waals surface area (Å²) in [5.74, 6) is 3.29. The Balaban J connectivity index is 2.81. The van der Waals surface area contributed by atoms with Crippen LogP contribution in [0.25, 0.3) is 0 Å². The van der Waals surface area contributed by atoms with Crippen molar-refractivity contribution in [1.29, 1.82) is 0 Å². The fourth-order valence-electron chi connectivity index (χ4n) is 0.712. The van der Waals surface area contributed by atoms with E-state index in [0.29, 0.717) is 6.61 Å². The van der Waals surface area contributed by atoms with Crippen LogP contribution < -0.4 is 4.74 Å². The molecule has 62 valence electrons. The second-order valence-corrected chi connectivity index (χ2v) is 4.48. The van der Waals surface area contributed by atoms with Gasteiger partial charge in [-0.2, -0.15) is 0 Å². The Kier molecular flexibility index (Phi) is 4.15. The molecule has 1 nitrogen and oxygen atoms in total. The van der Waals surface area contributed by atoms with Gasteiger partial charge in [0.05, 0.1) is 3.57 Å². The Hall–Kier alpha value is 0.0400. The smallest absolute Gasteiger partial charge is 0.148 e. The first-order valence-electron chi connectivity index (χ1n) is 3.25. The van der Waals surface area contributed by atoms with E-state index < -0.39 is 0 Å². The molecule has 1 rings (SSSR count). The van der Waals surface area contributed by atoms with E-state index in [-0.39, 0.29) is 0 Å². The molecule has 0 unspecified atom stereocenters. The fourth-order valence-corrected chi connectivity index (χ4v) is 2.47. The summed E-state index contributed by atoms with van der Waals surface area (Å²) in [6.07, 6.45) is 5.08. The molecule has 3 heteroatoms. The number of benzene rings is 1. The number of ether oxygens (including phenoxy) is 1. The van der Waals surface area contributed by atoms with Crippen molar-refractivity contribution in [1.82, 2.24) is 0 Å². The molecule has 0 aliphatic carbocycles. The van der Waals surface area contributed by atoms with Crippen molar-refractivity contribution in [3.63, 3.8) is 0 Å². The van der Waals surface area contributed by atoms with Gasteiger partial charge in [0.15, 0.2) is 0 Å². The minimum atomic E-state index is 0.330. The quantitative estimate of drug-likeness (QED) is 0.563. The minimum Gasteiger partial charge on any atom is -0.480 e. The van der Waals surface area contributed by atoms with Gasteiger partial charge in [0.25, 0.3) is 0 Å². The Bertz CT molecular complexity index is 315. The highest BCUT2D eigenvalue weighted by atomic mass is 127. The second kappa shape index (κ2) is 4.92. The molecular formula is C9H6I2O. The van der Waals surface area contributed by atoms with Crippen LogP contribution in [0.15, 0.2) is 18.2 Å². The van der Waals surface area contributed by atoms with E-state index in [4.69, 9.17) is 11.2 Å². The molecule has 1 aromatic carbocycles. The molecule has 1 aromatic rings. The van der Waals surface area contributed by atoms with E-state index in [9.17, 15) is 0 Å². The van der Waals surface area contributed by atoms with Gasteiger partial charge in [0.1, 0.15) is 12.4 Å². The maximum absolute atomic E-state index is 5.29. The van der Waals surface area contributed by atoms with Crippen LogP contribution in [0.4, 0.5) is 0 Å². The minimum absolute atomic E-state index is 0.330. The van der Waals surface area contributed by atoms with E-state index in [2.05, 4.69) is 51.1 Å². The highest BCUT2D eigenvalue weighted by Gasteiger charge is 1.99. The van der Waals surface area contributed by atoms with Crippen molar-refractivity contribution in [3.8, 4) is 18.1 Å². The van der Waals surface area contributed by atoms with Gasteiger partial charge >= 0.3 is 0 Å². The predicted octanol–water partition coefficient (Wildman–Crippen LogP) is 2.91. The van der Waals surface area contributed by atoms with Crippen LogP contribution in [0.2, 0.25) is 0 Å². The van der Waals surface area contributed by atoms with Gasteiger partial charge in [-0.25, -0.2) is 0 Å². The van der Waals surface area contributed by atoms with Gasteiger partial charge in [-0.1, -0.05) is 5.92 Å². The average molecular weight is 384 g/mol. The summed E-state index contributed by atoms with van der Waals surface area (Å²) < 4.78 is 7.59. The van der Waals surface area contributed by atoms with E-state index in [1.54, 1.807) is 0 Å². The highest BCUT2D eigenvalue weighted by molar-refractivity contribution is 14.1. The summed E-state index contributed by atoms with van der Waals surface area (Å²) in [7, 11) is 0. The molecule has 0 radical (unpaired) electrons. The first-order valence-corrected chi connectivity index (χ1v) is 5.41. The first kappa shape index (κ1) is 10.1. The van der Waals surface area contributed by atoms with E-state index >= 15 is 0 Å². The van der Waals surface area contributed by atoms with Gasteiger partial charge in [0, 0.05) is 3.57 Å². The van der Waals surface area contributed by atoms with Gasteiger partial charge in [-0.05, 0) is 63.4 Å². The lowest BCUT2D eigenvalue weighted by atomic mass is 10.3. The molecule has 0 aliphatic heterocycles. The first-order chi connectivity index (χ1) is 5.74. The SMILES string of the molecule is C#CCOc1ccc(I)cc1I. The standard InChI is InChI=1S/C9H6I2O/c1-2-5-12-9-4-3-7(10)6-8(9)11/h1,3-4,6H,5H2. The van der Waals surface area contributed by atoms with Gasteiger partial charge in [0.2, 0.25) is 0 Å². The zero-order chi connectivity index (χ0) is 8.97. The monoisotopic (exact) mass is 384 g/mol. The van der Waals surface area contributed by atoms with Gasteiger partial charge in [-0.15, -0.1) is 6.42 Å². The van der Waals surface area contributed by atoms with Crippen LogP contribution in [0, 0.1) is 19.5 Å². The molecule has 0 bridgehead atoms. The molecule has 12 heavy (non-hydrogen) atoms. The van der Waals surface area contributed by atoms with Crippen molar-refractivity contribution in [2.24, 2.45) is 0 Å². The zero-order valence-corrected chi connectivity index (χ0v) is 10.5. The third-order valence-electron chi connectivity index (χ3n) is 1.20. The van der Waals surface area contributed by atoms with Gasteiger partial charge < -0.3 is 4.74 Å². The van der Waals surface area contributed by atoms with Crippen LogP contribution >= 0.6 is 45.2 Å². The summed E-state index contributed by atoms with van der Waals surface area (Å²) in [5.41, 5.74) is 0. The fraction of sp³-hybridized carbons (Fsp3) is 0.111. The summed E-state index contributed by atoms with van der Waals surface area (Å²) in [6.45, 7) is 0.330. The summed E-state index contributed by atoms with van der Waals surface area (Å²) in [6, 6.07) is 5.97. The molecule has 0 atom stereocenters. The Morgan fingerprint density at radius 2 is 2.17 bits per heavy atom. The van der Waals surface area contributed by atoms with E-state index in [0.717, 1.165) is 9.32 Å². The van der Waals surface area contributed by atoms with E-state index in [1.807, 2.05) is 18.2 Å². The Labute approximate surface area is 99.2 Å². The van der Waals surface area contributed by atoms with Crippen LogP contribution in [0.1, 0.15) is 0 Å². The number of hydrogen-bond donors (Lipinski definition) is 0. The highest BCUT2D eigenvalue weighted by Crippen LogP contribution is 2.22. The van der Waals surface area contributed by atoms with Crippen molar-refractivity contribution >= 4 is 45.2 Å². The molecule has 0 fully saturated rings. The maximum Gasteiger partial charge on any atom is 0.148 e. The summed E-state index contributed by atoms with van der Waals surface area (Å²) >= 11 is 4.49. The summed E-state index contributed by atoms with van der Waals surface area (Å²) in [4.78, 5) is 0. The van der Waals surface area contributed by atoms with Crippen LogP contribution in [-0.2, 0) is 0 Å². The van der Waals surface area contributed by atoms with Gasteiger partial charge in [-0.3, -0.25) is 0 Å². The summed E-state index contributed by atoms with van der Waals surface area (Å²) in [5, 5.41) is 0. The van der Waals surface area contributed by atoms with Crippen molar-refractivity contribution in [2.75, 3.05) is 6.61 Å². The van der Waals surface area contributed by atoms with Crippen LogP contribution in [0.3, 0.4) is 0 Å². The van der Waals surface area contributed by atoms with Crippen molar-refractivity contribution in [3.05, 3.63) is 25.3 Å². The molecule has 0 heterocycles. The van der Waals surface area contributed by atoms with Crippen molar-refractivity contribution in [2.45, 2.75) is 0 Å². The number of hydrogen-bond acceptors (Lipinski definition) is 1. The molecule has 0 aliphatic rings. The largest absolute Gasteiger partial charge is 0.480 e. The lowest BCUT2D eigenvalue weighted by molar-refractivity contribution is 0.367. The molecule has 0 aromatic heterocycles. The Morgan fingerprint density at radius 1 is 1.42 bits per heavy atom. The van der Waals surface area contributed by atoms with Crippen LogP contribution in [0.5, 0.6) is 5.75 Å². The molecular weight excluding hydrogens is 378 g/mol. The van der Waals surface area contributed by atoms with E-state index in [1.165, 1.54) is 3.57 Å². The second-order valence-electron chi connectivity index (χ2n) is 2.07. The zero-order valence-electron chi connectivity index (χ0n) is 6.18. The molecule has 0 saturated carbocycles.